The fraction of sp³-hybridized carbons (Fsp3) is 0.143. The third-order valence-electron chi connectivity index (χ3n) is 2.92. The lowest BCUT2D eigenvalue weighted by molar-refractivity contribution is 0.414. The second kappa shape index (κ2) is 3.70. The highest BCUT2D eigenvalue weighted by Gasteiger charge is 2.09. The van der Waals surface area contributed by atoms with Crippen molar-refractivity contribution in [1.82, 2.24) is 4.57 Å². The van der Waals surface area contributed by atoms with Crippen LogP contribution in [0.5, 0.6) is 5.75 Å². The van der Waals surface area contributed by atoms with E-state index in [9.17, 15) is 0 Å². The second-order valence-corrected chi connectivity index (χ2v) is 4.02. The van der Waals surface area contributed by atoms with Crippen molar-refractivity contribution in [2.75, 3.05) is 7.11 Å². The van der Waals surface area contributed by atoms with Crippen LogP contribution in [-0.4, -0.2) is 11.7 Å². The smallest absolute Gasteiger partial charge is 0.151 e. The molecule has 0 aliphatic rings. The Morgan fingerprint density at radius 1 is 1.18 bits per heavy atom. The lowest BCUT2D eigenvalue weighted by atomic mass is 10.2. The Bertz CT molecular complexity index is 664. The Morgan fingerprint density at radius 2 is 2.06 bits per heavy atom. The molecule has 1 aromatic carbocycles. The molecule has 0 saturated heterocycles. The molecule has 0 unspecified atom stereocenters. The summed E-state index contributed by atoms with van der Waals surface area (Å²) < 4.78 is 13.1. The molecule has 0 aliphatic carbocycles. The van der Waals surface area contributed by atoms with Crippen molar-refractivity contribution >= 4 is 11.0 Å². The quantitative estimate of drug-likeness (QED) is 0.670. The summed E-state index contributed by atoms with van der Waals surface area (Å²) in [6.45, 7) is 0. The Hall–Kier alpha value is -2.16. The molecule has 0 aliphatic heterocycles. The highest BCUT2D eigenvalue weighted by atomic mass is 16.5. The van der Waals surface area contributed by atoms with Gasteiger partial charge in [0.05, 0.1) is 12.8 Å². The van der Waals surface area contributed by atoms with Gasteiger partial charge in [0, 0.05) is 24.7 Å². The van der Waals surface area contributed by atoms with Crippen LogP contribution in [0.15, 0.2) is 47.0 Å². The lowest BCUT2D eigenvalue weighted by Gasteiger charge is -1.98. The standard InChI is InChI=1S/C14H13NO2/c1-15-7-3-4-12(15)14-8-10-5-6-11(16-2)9-13(10)17-14/h3-9H,1-2H3. The van der Waals surface area contributed by atoms with Crippen molar-refractivity contribution in [2.24, 2.45) is 7.05 Å². The summed E-state index contributed by atoms with van der Waals surface area (Å²) in [7, 11) is 3.66. The first-order valence-electron chi connectivity index (χ1n) is 5.47. The molecule has 0 radical (unpaired) electrons. The number of nitrogens with zero attached hydrogens (tertiary/aromatic N) is 1. The molecule has 0 N–H and O–H groups in total. The van der Waals surface area contributed by atoms with E-state index in [2.05, 4.69) is 0 Å². The first kappa shape index (κ1) is 10.0. The predicted octanol–water partition coefficient (Wildman–Crippen LogP) is 3.45. The number of ether oxygens (including phenoxy) is 1. The minimum atomic E-state index is 0.810. The van der Waals surface area contributed by atoms with Gasteiger partial charge in [-0.15, -0.1) is 0 Å². The zero-order chi connectivity index (χ0) is 11.8. The van der Waals surface area contributed by atoms with E-state index in [-0.39, 0.29) is 0 Å². The first-order chi connectivity index (χ1) is 8.28. The molecule has 2 aromatic heterocycles. The van der Waals surface area contributed by atoms with E-state index >= 15 is 0 Å². The summed E-state index contributed by atoms with van der Waals surface area (Å²) in [5.74, 6) is 1.69. The molecule has 0 spiro atoms. The van der Waals surface area contributed by atoms with Gasteiger partial charge < -0.3 is 13.7 Å². The fourth-order valence-corrected chi connectivity index (χ4v) is 1.98. The van der Waals surface area contributed by atoms with Crippen LogP contribution in [0.1, 0.15) is 0 Å². The Labute approximate surface area is 99.2 Å². The van der Waals surface area contributed by atoms with Gasteiger partial charge in [0.2, 0.25) is 0 Å². The van der Waals surface area contributed by atoms with Crippen LogP contribution in [0.2, 0.25) is 0 Å². The molecule has 0 bridgehead atoms. The summed E-state index contributed by atoms with van der Waals surface area (Å²) in [4.78, 5) is 0. The summed E-state index contributed by atoms with van der Waals surface area (Å²) >= 11 is 0. The number of hydrogen-bond acceptors (Lipinski definition) is 2. The number of hydrogen-bond donors (Lipinski definition) is 0. The average Bonchev–Trinajstić information content (AvgIpc) is 2.93. The molecule has 3 nitrogen and oxygen atoms in total. The number of fused-ring (bicyclic) bond motifs is 1. The molecular weight excluding hydrogens is 214 g/mol. The Kier molecular flexibility index (Phi) is 2.18. The number of furan rings is 1. The van der Waals surface area contributed by atoms with Crippen molar-refractivity contribution < 1.29 is 9.15 Å². The summed E-state index contributed by atoms with van der Waals surface area (Å²) in [6.07, 6.45) is 2.00. The van der Waals surface area contributed by atoms with Gasteiger partial charge in [0.15, 0.2) is 5.76 Å². The van der Waals surface area contributed by atoms with Crippen molar-refractivity contribution in [3.05, 3.63) is 42.6 Å². The number of rotatable bonds is 2. The largest absolute Gasteiger partial charge is 0.497 e. The molecule has 0 saturated carbocycles. The van der Waals surface area contributed by atoms with E-state index in [0.717, 1.165) is 28.2 Å². The maximum absolute atomic E-state index is 5.83. The SMILES string of the molecule is COc1ccc2cc(-c3cccn3C)oc2c1. The van der Waals surface area contributed by atoms with E-state index in [4.69, 9.17) is 9.15 Å². The summed E-state index contributed by atoms with van der Waals surface area (Å²) in [5, 5.41) is 1.09. The Morgan fingerprint density at radius 3 is 2.76 bits per heavy atom. The van der Waals surface area contributed by atoms with Gasteiger partial charge in [-0.1, -0.05) is 0 Å². The average molecular weight is 227 g/mol. The highest BCUT2D eigenvalue weighted by Crippen LogP contribution is 2.29. The molecule has 0 fully saturated rings. The maximum atomic E-state index is 5.83. The van der Waals surface area contributed by atoms with E-state index in [1.54, 1.807) is 7.11 Å². The highest BCUT2D eigenvalue weighted by molar-refractivity contribution is 5.83. The number of methoxy groups -OCH3 is 1. The number of aromatic nitrogens is 1. The van der Waals surface area contributed by atoms with Crippen LogP contribution in [0.25, 0.3) is 22.4 Å². The molecule has 0 atom stereocenters. The topological polar surface area (TPSA) is 27.3 Å². The van der Waals surface area contributed by atoms with Crippen LogP contribution in [-0.2, 0) is 7.05 Å². The van der Waals surface area contributed by atoms with Crippen molar-refractivity contribution in [1.29, 1.82) is 0 Å². The van der Waals surface area contributed by atoms with Crippen LogP contribution < -0.4 is 4.74 Å². The van der Waals surface area contributed by atoms with Gasteiger partial charge in [0.25, 0.3) is 0 Å². The normalized spacial score (nSPS) is 10.9. The van der Waals surface area contributed by atoms with Crippen molar-refractivity contribution in [3.63, 3.8) is 0 Å². The molecule has 2 heterocycles. The molecule has 17 heavy (non-hydrogen) atoms. The molecule has 0 amide bonds. The zero-order valence-electron chi connectivity index (χ0n) is 9.81. The number of aryl methyl sites for hydroxylation is 1. The van der Waals surface area contributed by atoms with Crippen LogP contribution in [0, 0.1) is 0 Å². The zero-order valence-corrected chi connectivity index (χ0v) is 9.81. The minimum absolute atomic E-state index is 0.810. The monoisotopic (exact) mass is 227 g/mol. The third-order valence-corrected chi connectivity index (χ3v) is 2.92. The first-order valence-corrected chi connectivity index (χ1v) is 5.47. The maximum Gasteiger partial charge on any atom is 0.151 e. The predicted molar refractivity (Wildman–Crippen MR) is 67.2 cm³/mol. The van der Waals surface area contributed by atoms with Gasteiger partial charge in [-0.3, -0.25) is 0 Å². The molecule has 3 heteroatoms. The molecular formula is C14H13NO2. The van der Waals surface area contributed by atoms with E-state index < -0.39 is 0 Å². The fourth-order valence-electron chi connectivity index (χ4n) is 1.98. The Balaban J connectivity index is 2.17. The van der Waals surface area contributed by atoms with Gasteiger partial charge >= 0.3 is 0 Å². The minimum Gasteiger partial charge on any atom is -0.497 e. The van der Waals surface area contributed by atoms with Gasteiger partial charge in [0.1, 0.15) is 11.3 Å². The van der Waals surface area contributed by atoms with E-state index in [1.807, 2.05) is 54.2 Å². The van der Waals surface area contributed by atoms with Crippen molar-refractivity contribution in [2.45, 2.75) is 0 Å². The molecule has 86 valence electrons. The summed E-state index contributed by atoms with van der Waals surface area (Å²) in [6, 6.07) is 11.9. The van der Waals surface area contributed by atoms with Crippen LogP contribution in [0.4, 0.5) is 0 Å². The second-order valence-electron chi connectivity index (χ2n) is 4.02. The van der Waals surface area contributed by atoms with E-state index in [1.165, 1.54) is 0 Å². The van der Waals surface area contributed by atoms with Crippen molar-refractivity contribution in [3.8, 4) is 17.2 Å². The molecule has 3 aromatic rings. The van der Waals surface area contributed by atoms with Crippen LogP contribution in [0.3, 0.4) is 0 Å². The number of benzene rings is 1. The van der Waals surface area contributed by atoms with E-state index in [0.29, 0.717) is 0 Å². The lowest BCUT2D eigenvalue weighted by Crippen LogP contribution is -1.86. The van der Waals surface area contributed by atoms with Crippen LogP contribution >= 0.6 is 0 Å². The van der Waals surface area contributed by atoms with Gasteiger partial charge in [-0.05, 0) is 30.3 Å². The summed E-state index contributed by atoms with van der Waals surface area (Å²) in [5.41, 5.74) is 1.92. The third kappa shape index (κ3) is 1.60. The van der Waals surface area contributed by atoms with Gasteiger partial charge in [-0.2, -0.15) is 0 Å². The molecule has 3 rings (SSSR count). The van der Waals surface area contributed by atoms with Gasteiger partial charge in [-0.25, -0.2) is 0 Å².